The molecule has 1 nitrogen and oxygen atoms in total. The van der Waals surface area contributed by atoms with Crippen LogP contribution in [0.15, 0.2) is 24.5 Å². The van der Waals surface area contributed by atoms with Gasteiger partial charge in [-0.3, -0.25) is 0 Å². The highest BCUT2D eigenvalue weighted by atomic mass is 14.6. The standard InChI is InChI=1S/C4H5N.C/c1-2-4-5-3-1;/h1-5H;. The Morgan fingerprint density at radius 2 is 1.50 bits per heavy atom. The smallest absolute Gasteiger partial charge is 0.000496 e. The highest BCUT2D eigenvalue weighted by molar-refractivity contribution is 4.84. The quantitative estimate of drug-likeness (QED) is 0.479. The topological polar surface area (TPSA) is 15.8 Å². The third-order valence-electron chi connectivity index (χ3n) is 0.496. The lowest BCUT2D eigenvalue weighted by atomic mass is 10.7. The first-order chi connectivity index (χ1) is 2.50. The molecule has 0 aromatic carbocycles. The summed E-state index contributed by atoms with van der Waals surface area (Å²) in [5.41, 5.74) is 0. The minimum atomic E-state index is 0. The number of rotatable bonds is 0. The van der Waals surface area contributed by atoms with Crippen molar-refractivity contribution in [1.82, 2.24) is 4.98 Å². The number of hydrogen-bond donors (Lipinski definition) is 1. The van der Waals surface area contributed by atoms with Gasteiger partial charge in [0.25, 0.3) is 0 Å². The van der Waals surface area contributed by atoms with E-state index in [0.717, 1.165) is 0 Å². The average Bonchev–Trinajstić information content (AvgIpc) is 1.76. The molecule has 1 heterocycles. The molecule has 0 saturated heterocycles. The molecule has 1 aromatic heterocycles. The molecule has 30 valence electrons. The summed E-state index contributed by atoms with van der Waals surface area (Å²) < 4.78 is 0. The van der Waals surface area contributed by atoms with E-state index < -0.39 is 0 Å². The van der Waals surface area contributed by atoms with Gasteiger partial charge in [-0.05, 0) is 12.1 Å². The van der Waals surface area contributed by atoms with Crippen molar-refractivity contribution < 1.29 is 0 Å². The highest BCUT2D eigenvalue weighted by Crippen LogP contribution is 1.72. The lowest BCUT2D eigenvalue weighted by Gasteiger charge is -1.49. The van der Waals surface area contributed by atoms with E-state index in [1.165, 1.54) is 0 Å². The van der Waals surface area contributed by atoms with E-state index in [9.17, 15) is 0 Å². The number of nitrogens with one attached hydrogen (secondary N) is 1. The van der Waals surface area contributed by atoms with Crippen molar-refractivity contribution in [1.29, 1.82) is 0 Å². The van der Waals surface area contributed by atoms with E-state index in [0.29, 0.717) is 0 Å². The van der Waals surface area contributed by atoms with Crippen molar-refractivity contribution in [2.24, 2.45) is 0 Å². The molecule has 1 rings (SSSR count). The van der Waals surface area contributed by atoms with Gasteiger partial charge in [-0.1, -0.05) is 0 Å². The zero-order valence-electron chi connectivity index (χ0n) is 3.31. The van der Waals surface area contributed by atoms with Gasteiger partial charge in [0.2, 0.25) is 0 Å². The molecule has 1 aromatic rings. The monoisotopic (exact) mass is 79.0 g/mol. The van der Waals surface area contributed by atoms with E-state index in [1.54, 1.807) is 0 Å². The number of H-pyrrole nitrogens is 1. The molecule has 0 amide bonds. The predicted molar refractivity (Wildman–Crippen MR) is 24.0 cm³/mol. The lowest BCUT2D eigenvalue weighted by Crippen LogP contribution is -1.38. The van der Waals surface area contributed by atoms with Gasteiger partial charge in [0.05, 0.1) is 0 Å². The van der Waals surface area contributed by atoms with Crippen LogP contribution < -0.4 is 0 Å². The maximum absolute atomic E-state index is 2.86. The van der Waals surface area contributed by atoms with E-state index in [4.69, 9.17) is 0 Å². The molecule has 0 saturated carbocycles. The maximum atomic E-state index is 2.86. The molecule has 0 aliphatic carbocycles. The molecule has 0 atom stereocenters. The fourth-order valence-corrected chi connectivity index (χ4v) is 0.278. The second kappa shape index (κ2) is 2.51. The second-order valence-electron chi connectivity index (χ2n) is 0.885. The van der Waals surface area contributed by atoms with Crippen LogP contribution in [0.1, 0.15) is 0 Å². The third-order valence-corrected chi connectivity index (χ3v) is 0.496. The summed E-state index contributed by atoms with van der Waals surface area (Å²) in [5, 5.41) is 0. The highest BCUT2D eigenvalue weighted by Gasteiger charge is 1.55. The molecule has 1 N–H and O–H groups in total. The van der Waals surface area contributed by atoms with Crippen molar-refractivity contribution in [2.45, 2.75) is 0 Å². The van der Waals surface area contributed by atoms with Crippen LogP contribution in [0.2, 0.25) is 0 Å². The van der Waals surface area contributed by atoms with E-state index in [-0.39, 0.29) is 7.43 Å². The van der Waals surface area contributed by atoms with Gasteiger partial charge in [-0.25, -0.2) is 0 Å². The fourth-order valence-electron chi connectivity index (χ4n) is 0.278. The summed E-state index contributed by atoms with van der Waals surface area (Å²) >= 11 is 0. The minimum Gasteiger partial charge on any atom is -0.368 e. The summed E-state index contributed by atoms with van der Waals surface area (Å²) in [6.07, 6.45) is 3.75. The first-order valence-electron chi connectivity index (χ1n) is 1.58. The molecule has 0 aliphatic heterocycles. The van der Waals surface area contributed by atoms with Crippen LogP contribution >= 0.6 is 0 Å². The summed E-state index contributed by atoms with van der Waals surface area (Å²) in [6, 6.07) is 3.89. The molecule has 0 aliphatic rings. The Labute approximate surface area is 38.0 Å². The zero-order chi connectivity index (χ0) is 3.54. The van der Waals surface area contributed by atoms with Crippen molar-refractivity contribution >= 4 is 0 Å². The summed E-state index contributed by atoms with van der Waals surface area (Å²) in [4.78, 5) is 2.86. The van der Waals surface area contributed by atoms with Crippen molar-refractivity contribution in [3.63, 3.8) is 0 Å². The van der Waals surface area contributed by atoms with Gasteiger partial charge in [0, 0.05) is 19.8 Å². The first-order valence-corrected chi connectivity index (χ1v) is 1.58. The first kappa shape index (κ1) is 5.28. The molecular formula is C5H5N. The minimum absolute atomic E-state index is 0. The van der Waals surface area contributed by atoms with Crippen LogP contribution in [0.3, 0.4) is 0 Å². The van der Waals surface area contributed by atoms with Gasteiger partial charge in [-0.2, -0.15) is 0 Å². The molecule has 4 radical (unpaired) electrons. The maximum Gasteiger partial charge on any atom is 0.000496 e. The normalized spacial score (nSPS) is 6.67. The van der Waals surface area contributed by atoms with E-state index >= 15 is 0 Å². The SMILES string of the molecule is [C].c1cc[nH]c1. The number of aromatic nitrogens is 1. The van der Waals surface area contributed by atoms with Crippen LogP contribution in [0, 0.1) is 7.43 Å². The number of hydrogen-bond acceptors (Lipinski definition) is 0. The van der Waals surface area contributed by atoms with Gasteiger partial charge >= 0.3 is 0 Å². The molecule has 0 spiro atoms. The Balaban J connectivity index is 0.000000250. The number of aromatic amines is 1. The van der Waals surface area contributed by atoms with Crippen LogP contribution in [0.25, 0.3) is 0 Å². The largest absolute Gasteiger partial charge is 0.368 e. The van der Waals surface area contributed by atoms with Crippen LogP contribution in [0.5, 0.6) is 0 Å². The Hall–Kier alpha value is -0.720. The third kappa shape index (κ3) is 0.931. The van der Waals surface area contributed by atoms with Gasteiger partial charge in [-0.15, -0.1) is 0 Å². The molecule has 1 heteroatoms. The van der Waals surface area contributed by atoms with E-state index in [2.05, 4.69) is 4.98 Å². The Morgan fingerprint density at radius 1 is 1.00 bits per heavy atom. The lowest BCUT2D eigenvalue weighted by molar-refractivity contribution is 1.42. The summed E-state index contributed by atoms with van der Waals surface area (Å²) in [7, 11) is 0. The molecular weight excluding hydrogens is 74.1 g/mol. The predicted octanol–water partition coefficient (Wildman–Crippen LogP) is 1.10. The summed E-state index contributed by atoms with van der Waals surface area (Å²) in [5.74, 6) is 0. The van der Waals surface area contributed by atoms with Gasteiger partial charge < -0.3 is 4.98 Å². The van der Waals surface area contributed by atoms with Crippen LogP contribution in [-0.2, 0) is 0 Å². The summed E-state index contributed by atoms with van der Waals surface area (Å²) in [6.45, 7) is 0. The van der Waals surface area contributed by atoms with Gasteiger partial charge in [0.15, 0.2) is 0 Å². The molecule has 0 unspecified atom stereocenters. The van der Waals surface area contributed by atoms with Crippen LogP contribution in [0.4, 0.5) is 0 Å². The average molecular weight is 79.1 g/mol. The Morgan fingerprint density at radius 3 is 1.67 bits per heavy atom. The molecule has 0 bridgehead atoms. The van der Waals surface area contributed by atoms with Gasteiger partial charge in [0.1, 0.15) is 0 Å². The molecule has 0 fully saturated rings. The van der Waals surface area contributed by atoms with Crippen molar-refractivity contribution in [3.8, 4) is 0 Å². The van der Waals surface area contributed by atoms with E-state index in [1.807, 2.05) is 24.5 Å². The van der Waals surface area contributed by atoms with Crippen molar-refractivity contribution in [3.05, 3.63) is 32.0 Å². The second-order valence-corrected chi connectivity index (χ2v) is 0.885. The van der Waals surface area contributed by atoms with Crippen LogP contribution in [-0.4, -0.2) is 4.98 Å². The zero-order valence-corrected chi connectivity index (χ0v) is 3.31. The van der Waals surface area contributed by atoms with Crippen molar-refractivity contribution in [2.75, 3.05) is 0 Å². The molecule has 6 heavy (non-hydrogen) atoms. The Kier molecular flexibility index (Phi) is 2.21. The fraction of sp³-hybridized carbons (Fsp3) is 0. The Bertz CT molecular complexity index is 60.4.